The van der Waals surface area contributed by atoms with Crippen molar-refractivity contribution < 1.29 is 29.0 Å². The average Bonchev–Trinajstić information content (AvgIpc) is 2.46. The van der Waals surface area contributed by atoms with Crippen molar-refractivity contribution in [2.45, 2.75) is 18.9 Å². The van der Waals surface area contributed by atoms with Gasteiger partial charge in [0.15, 0.2) is 6.10 Å². The second kappa shape index (κ2) is 7.68. The van der Waals surface area contributed by atoms with Gasteiger partial charge in [-0.3, -0.25) is 4.79 Å². The molecule has 1 aliphatic rings. The van der Waals surface area contributed by atoms with E-state index in [0.717, 1.165) is 0 Å². The number of esters is 1. The third kappa shape index (κ3) is 4.37. The lowest BCUT2D eigenvalue weighted by Crippen LogP contribution is -2.49. The van der Waals surface area contributed by atoms with Gasteiger partial charge in [0.1, 0.15) is 0 Å². The molecule has 1 aliphatic heterocycles. The van der Waals surface area contributed by atoms with Crippen molar-refractivity contribution in [1.82, 2.24) is 10.2 Å². The Morgan fingerprint density at radius 1 is 1.40 bits per heavy atom. The molecule has 0 aromatic carbocycles. The van der Waals surface area contributed by atoms with E-state index in [1.807, 2.05) is 0 Å². The summed E-state index contributed by atoms with van der Waals surface area (Å²) in [4.78, 5) is 35.6. The lowest BCUT2D eigenvalue weighted by molar-refractivity contribution is -0.148. The molecule has 2 atom stereocenters. The second-order valence-electron chi connectivity index (χ2n) is 4.56. The summed E-state index contributed by atoms with van der Waals surface area (Å²) in [7, 11) is 2.58. The molecule has 2 amide bonds. The number of ether oxygens (including phenoxy) is 2. The van der Waals surface area contributed by atoms with Gasteiger partial charge < -0.3 is 24.8 Å². The fourth-order valence-corrected chi connectivity index (χ4v) is 2.08. The molecule has 0 aliphatic carbocycles. The molecule has 114 valence electrons. The van der Waals surface area contributed by atoms with Crippen LogP contribution < -0.4 is 5.32 Å². The maximum absolute atomic E-state index is 11.9. The summed E-state index contributed by atoms with van der Waals surface area (Å²) >= 11 is 0. The predicted octanol–water partition coefficient (Wildman–Crippen LogP) is -0.319. The van der Waals surface area contributed by atoms with Gasteiger partial charge in [-0.15, -0.1) is 0 Å². The number of methoxy groups -OCH3 is 2. The molecule has 0 radical (unpaired) electrons. The first-order valence-electron chi connectivity index (χ1n) is 6.35. The monoisotopic (exact) mass is 288 g/mol. The summed E-state index contributed by atoms with van der Waals surface area (Å²) < 4.78 is 9.39. The molecule has 20 heavy (non-hydrogen) atoms. The Bertz CT molecular complexity index is 373. The zero-order chi connectivity index (χ0) is 15.1. The molecular formula is C12H20N2O6. The number of hydrogen-bond acceptors (Lipinski definition) is 5. The molecule has 2 unspecified atom stereocenters. The summed E-state index contributed by atoms with van der Waals surface area (Å²) in [6.45, 7) is 0.692. The number of carboxylic acid groups (broad SMARTS) is 1. The topological polar surface area (TPSA) is 105 Å². The fourth-order valence-electron chi connectivity index (χ4n) is 2.08. The highest BCUT2D eigenvalue weighted by atomic mass is 16.5. The maximum Gasteiger partial charge on any atom is 0.334 e. The van der Waals surface area contributed by atoms with E-state index in [4.69, 9.17) is 9.84 Å². The van der Waals surface area contributed by atoms with E-state index in [1.165, 1.54) is 19.1 Å². The molecule has 2 N–H and O–H groups in total. The quantitative estimate of drug-likeness (QED) is 0.672. The maximum atomic E-state index is 11.9. The van der Waals surface area contributed by atoms with Crippen molar-refractivity contribution in [3.63, 3.8) is 0 Å². The lowest BCUT2D eigenvalue weighted by atomic mass is 9.98. The average molecular weight is 288 g/mol. The van der Waals surface area contributed by atoms with E-state index in [-0.39, 0.29) is 25.0 Å². The Morgan fingerprint density at radius 2 is 2.10 bits per heavy atom. The lowest BCUT2D eigenvalue weighted by Gasteiger charge is -2.31. The second-order valence-corrected chi connectivity index (χ2v) is 4.56. The highest BCUT2D eigenvalue weighted by Crippen LogP contribution is 2.17. The summed E-state index contributed by atoms with van der Waals surface area (Å²) in [6, 6.07) is -0.401. The minimum Gasteiger partial charge on any atom is -0.479 e. The van der Waals surface area contributed by atoms with Gasteiger partial charge in [-0.05, 0) is 12.8 Å². The van der Waals surface area contributed by atoms with Gasteiger partial charge in [-0.25, -0.2) is 9.59 Å². The molecule has 1 rings (SSSR count). The standard InChI is InChI=1S/C12H20N2O6/c1-19-9(10(15)16)6-13-12(18)14-5-3-4-8(7-14)11(17)20-2/h8-9H,3-7H2,1-2H3,(H,13,18)(H,15,16). The predicted molar refractivity (Wildman–Crippen MR) is 68.1 cm³/mol. The van der Waals surface area contributed by atoms with Gasteiger partial charge in [-0.2, -0.15) is 0 Å². The number of nitrogens with zero attached hydrogens (tertiary/aromatic N) is 1. The van der Waals surface area contributed by atoms with Crippen LogP contribution in [-0.4, -0.2) is 67.9 Å². The van der Waals surface area contributed by atoms with E-state index >= 15 is 0 Å². The number of piperidine rings is 1. The van der Waals surface area contributed by atoms with E-state index < -0.39 is 18.1 Å². The van der Waals surface area contributed by atoms with Crippen molar-refractivity contribution >= 4 is 18.0 Å². The Labute approximate surface area is 117 Å². The zero-order valence-electron chi connectivity index (χ0n) is 11.6. The highest BCUT2D eigenvalue weighted by molar-refractivity contribution is 5.78. The molecule has 1 fully saturated rings. The van der Waals surface area contributed by atoms with Crippen LogP contribution in [0.2, 0.25) is 0 Å². The molecule has 8 nitrogen and oxygen atoms in total. The van der Waals surface area contributed by atoms with Crippen LogP contribution in [0.25, 0.3) is 0 Å². The zero-order valence-corrected chi connectivity index (χ0v) is 11.6. The molecule has 0 aromatic rings. The molecular weight excluding hydrogens is 268 g/mol. The normalized spacial score (nSPS) is 20.1. The van der Waals surface area contributed by atoms with Gasteiger partial charge in [0.2, 0.25) is 0 Å². The van der Waals surface area contributed by atoms with Crippen LogP contribution in [0.15, 0.2) is 0 Å². The van der Waals surface area contributed by atoms with Crippen molar-refractivity contribution in [2.75, 3.05) is 33.9 Å². The fraction of sp³-hybridized carbons (Fsp3) is 0.750. The number of carboxylic acids is 1. The first-order valence-corrected chi connectivity index (χ1v) is 6.35. The first kappa shape index (κ1) is 16.2. The number of amides is 2. The molecule has 0 saturated carbocycles. The third-order valence-electron chi connectivity index (χ3n) is 3.24. The molecule has 1 saturated heterocycles. The number of carbonyl (C=O) groups is 3. The Balaban J connectivity index is 2.46. The molecule has 0 aromatic heterocycles. The summed E-state index contributed by atoms with van der Waals surface area (Å²) in [5.74, 6) is -1.79. The minimum absolute atomic E-state index is 0.121. The Morgan fingerprint density at radius 3 is 2.65 bits per heavy atom. The number of aliphatic carboxylic acids is 1. The van der Waals surface area contributed by atoms with Crippen molar-refractivity contribution in [1.29, 1.82) is 0 Å². The van der Waals surface area contributed by atoms with Gasteiger partial charge in [-0.1, -0.05) is 0 Å². The van der Waals surface area contributed by atoms with Crippen LogP contribution in [0, 0.1) is 5.92 Å². The highest BCUT2D eigenvalue weighted by Gasteiger charge is 2.29. The third-order valence-corrected chi connectivity index (χ3v) is 3.24. The van der Waals surface area contributed by atoms with Crippen LogP contribution in [0.5, 0.6) is 0 Å². The number of urea groups is 1. The van der Waals surface area contributed by atoms with E-state index in [9.17, 15) is 14.4 Å². The van der Waals surface area contributed by atoms with Gasteiger partial charge >= 0.3 is 18.0 Å². The molecule has 8 heteroatoms. The van der Waals surface area contributed by atoms with E-state index in [0.29, 0.717) is 19.4 Å². The number of likely N-dealkylation sites (tertiary alicyclic amines) is 1. The number of hydrogen-bond donors (Lipinski definition) is 2. The summed E-state index contributed by atoms with van der Waals surface area (Å²) in [6.07, 6.45) is 0.312. The smallest absolute Gasteiger partial charge is 0.334 e. The van der Waals surface area contributed by atoms with Crippen LogP contribution in [-0.2, 0) is 19.1 Å². The van der Waals surface area contributed by atoms with Crippen LogP contribution in [0.3, 0.4) is 0 Å². The summed E-state index contributed by atoms with van der Waals surface area (Å²) in [5.41, 5.74) is 0. The number of carbonyl (C=O) groups excluding carboxylic acids is 2. The van der Waals surface area contributed by atoms with E-state index in [2.05, 4.69) is 10.1 Å². The minimum atomic E-state index is -1.14. The summed E-state index contributed by atoms with van der Waals surface area (Å²) in [5, 5.41) is 11.3. The molecule has 1 heterocycles. The van der Waals surface area contributed by atoms with Crippen molar-refractivity contribution in [2.24, 2.45) is 5.92 Å². The first-order chi connectivity index (χ1) is 9.49. The van der Waals surface area contributed by atoms with E-state index in [1.54, 1.807) is 0 Å². The van der Waals surface area contributed by atoms with Gasteiger partial charge in [0.05, 0.1) is 19.6 Å². The SMILES string of the molecule is COC(=O)C1CCCN(C(=O)NCC(OC)C(=O)O)C1. The van der Waals surface area contributed by atoms with Crippen molar-refractivity contribution in [3.05, 3.63) is 0 Å². The van der Waals surface area contributed by atoms with Crippen LogP contribution in [0.4, 0.5) is 4.79 Å². The number of rotatable bonds is 5. The van der Waals surface area contributed by atoms with Gasteiger partial charge in [0.25, 0.3) is 0 Å². The Hall–Kier alpha value is -1.83. The Kier molecular flexibility index (Phi) is 6.23. The largest absolute Gasteiger partial charge is 0.479 e. The van der Waals surface area contributed by atoms with Crippen LogP contribution in [0.1, 0.15) is 12.8 Å². The number of nitrogens with one attached hydrogen (secondary N) is 1. The van der Waals surface area contributed by atoms with Gasteiger partial charge in [0, 0.05) is 20.2 Å². The molecule has 0 bridgehead atoms. The van der Waals surface area contributed by atoms with Crippen molar-refractivity contribution in [3.8, 4) is 0 Å². The van der Waals surface area contributed by atoms with Crippen LogP contribution >= 0.6 is 0 Å². The molecule has 0 spiro atoms.